The fraction of sp³-hybridized carbons (Fsp3) is 0.706. The maximum absolute atomic E-state index is 5.63. The van der Waals surface area contributed by atoms with Crippen LogP contribution in [0.5, 0.6) is 0 Å². The maximum Gasteiger partial charge on any atom is 0.193 e. The van der Waals surface area contributed by atoms with Crippen molar-refractivity contribution in [3.8, 4) is 0 Å². The van der Waals surface area contributed by atoms with Crippen molar-refractivity contribution < 1.29 is 4.74 Å². The van der Waals surface area contributed by atoms with Crippen LogP contribution >= 0.6 is 35.3 Å². The normalized spacial score (nSPS) is 25.3. The van der Waals surface area contributed by atoms with Crippen LogP contribution in [-0.4, -0.2) is 69.8 Å². The summed E-state index contributed by atoms with van der Waals surface area (Å²) in [6.45, 7) is 4.85. The molecule has 1 spiro atoms. The van der Waals surface area contributed by atoms with Crippen LogP contribution in [0.3, 0.4) is 0 Å². The number of hydrogen-bond acceptors (Lipinski definition) is 4. The first-order chi connectivity index (χ1) is 11.1. The largest absolute Gasteiger partial charge is 0.381 e. The summed E-state index contributed by atoms with van der Waals surface area (Å²) in [7, 11) is 6.15. The van der Waals surface area contributed by atoms with Gasteiger partial charge >= 0.3 is 0 Å². The first kappa shape index (κ1) is 19.9. The third-order valence-electron chi connectivity index (χ3n) is 5.14. The number of likely N-dealkylation sites (N-methyl/N-ethyl adjacent to an activating group) is 1. The van der Waals surface area contributed by atoms with Gasteiger partial charge in [-0.2, -0.15) is 11.3 Å². The van der Waals surface area contributed by atoms with Gasteiger partial charge in [-0.3, -0.25) is 4.99 Å². The zero-order valence-corrected chi connectivity index (χ0v) is 18.0. The van der Waals surface area contributed by atoms with E-state index in [0.29, 0.717) is 11.5 Å². The van der Waals surface area contributed by atoms with E-state index in [0.717, 1.165) is 38.8 Å². The number of nitrogens with zero attached hydrogens (tertiary/aromatic N) is 3. The summed E-state index contributed by atoms with van der Waals surface area (Å²) < 4.78 is 5.63. The number of likely N-dealkylation sites (tertiary alicyclic amines) is 1. The van der Waals surface area contributed by atoms with Crippen LogP contribution < -0.4 is 5.32 Å². The van der Waals surface area contributed by atoms with Crippen LogP contribution in [0, 0.1) is 5.41 Å². The molecule has 5 nitrogen and oxygen atoms in total. The van der Waals surface area contributed by atoms with Gasteiger partial charge in [0.1, 0.15) is 0 Å². The molecule has 2 fully saturated rings. The molecule has 0 aromatic carbocycles. The van der Waals surface area contributed by atoms with E-state index >= 15 is 0 Å². The summed E-state index contributed by atoms with van der Waals surface area (Å²) in [6.07, 6.45) is 2.41. The zero-order chi connectivity index (χ0) is 16.3. The monoisotopic (exact) mass is 464 g/mol. The molecule has 7 heteroatoms. The Bertz CT molecular complexity index is 529. The van der Waals surface area contributed by atoms with Crippen LogP contribution in [0.25, 0.3) is 0 Å². The van der Waals surface area contributed by atoms with Gasteiger partial charge in [0.05, 0.1) is 12.6 Å². The van der Waals surface area contributed by atoms with Crippen molar-refractivity contribution in [1.29, 1.82) is 0 Å². The molecule has 24 heavy (non-hydrogen) atoms. The van der Waals surface area contributed by atoms with Gasteiger partial charge < -0.3 is 19.9 Å². The number of nitrogens with one attached hydrogen (secondary N) is 1. The maximum atomic E-state index is 5.63. The van der Waals surface area contributed by atoms with Gasteiger partial charge in [-0.25, -0.2) is 0 Å². The van der Waals surface area contributed by atoms with E-state index < -0.39 is 0 Å². The van der Waals surface area contributed by atoms with Crippen molar-refractivity contribution >= 4 is 41.3 Å². The highest BCUT2D eigenvalue weighted by Gasteiger charge is 2.42. The molecule has 1 aromatic rings. The van der Waals surface area contributed by atoms with Gasteiger partial charge in [-0.05, 0) is 49.3 Å². The van der Waals surface area contributed by atoms with Gasteiger partial charge in [0.15, 0.2) is 5.96 Å². The molecule has 0 aliphatic carbocycles. The highest BCUT2D eigenvalue weighted by molar-refractivity contribution is 14.0. The lowest BCUT2D eigenvalue weighted by Gasteiger charge is -2.28. The fourth-order valence-electron chi connectivity index (χ4n) is 3.67. The van der Waals surface area contributed by atoms with Gasteiger partial charge in [0.25, 0.3) is 0 Å². The van der Waals surface area contributed by atoms with Gasteiger partial charge in [0, 0.05) is 38.7 Å². The molecule has 1 N–H and O–H groups in total. The Kier molecular flexibility index (Phi) is 7.33. The van der Waals surface area contributed by atoms with Crippen molar-refractivity contribution in [1.82, 2.24) is 15.1 Å². The van der Waals surface area contributed by atoms with E-state index in [1.165, 1.54) is 18.4 Å². The minimum absolute atomic E-state index is 0. The summed E-state index contributed by atoms with van der Waals surface area (Å²) in [5, 5.41) is 7.96. The summed E-state index contributed by atoms with van der Waals surface area (Å²) in [5.74, 6) is 1.02. The number of ether oxygens (including phenoxy) is 1. The molecule has 0 radical (unpaired) electrons. The molecule has 2 aliphatic rings. The number of hydrogen-bond donors (Lipinski definition) is 1. The Morgan fingerprint density at radius 2 is 2.33 bits per heavy atom. The van der Waals surface area contributed by atoms with Gasteiger partial charge in [-0.15, -0.1) is 24.0 Å². The molecule has 0 bridgehead atoms. The molecule has 2 aliphatic heterocycles. The molecule has 3 rings (SSSR count). The summed E-state index contributed by atoms with van der Waals surface area (Å²) in [6, 6.07) is 2.57. The predicted octanol–water partition coefficient (Wildman–Crippen LogP) is 2.66. The van der Waals surface area contributed by atoms with Crippen molar-refractivity contribution in [2.45, 2.75) is 18.9 Å². The second kappa shape index (κ2) is 8.82. The minimum Gasteiger partial charge on any atom is -0.381 e. The number of aliphatic imine (C=N–C) groups is 1. The van der Waals surface area contributed by atoms with Crippen LogP contribution in [0.4, 0.5) is 0 Å². The fourth-order valence-corrected chi connectivity index (χ4v) is 4.38. The topological polar surface area (TPSA) is 40.1 Å². The lowest BCUT2D eigenvalue weighted by atomic mass is 9.87. The Hall–Kier alpha value is -0.380. The molecular weight excluding hydrogens is 435 g/mol. The second-order valence-electron chi connectivity index (χ2n) is 6.94. The Morgan fingerprint density at radius 3 is 2.92 bits per heavy atom. The highest BCUT2D eigenvalue weighted by Crippen LogP contribution is 2.38. The Morgan fingerprint density at radius 1 is 1.50 bits per heavy atom. The Labute approximate surface area is 166 Å². The zero-order valence-electron chi connectivity index (χ0n) is 14.8. The lowest BCUT2D eigenvalue weighted by Crippen LogP contribution is -2.44. The number of halogens is 1. The lowest BCUT2D eigenvalue weighted by molar-refractivity contribution is 0.156. The van der Waals surface area contributed by atoms with Gasteiger partial charge in [0.2, 0.25) is 0 Å². The molecule has 2 unspecified atom stereocenters. The average Bonchev–Trinajstić information content (AvgIpc) is 3.27. The van der Waals surface area contributed by atoms with Crippen molar-refractivity contribution in [3.05, 3.63) is 22.4 Å². The number of rotatable bonds is 4. The minimum atomic E-state index is 0. The molecule has 0 saturated carbocycles. The van der Waals surface area contributed by atoms with E-state index in [-0.39, 0.29) is 24.0 Å². The van der Waals surface area contributed by atoms with Gasteiger partial charge in [-0.1, -0.05) is 0 Å². The van der Waals surface area contributed by atoms with E-state index in [1.807, 2.05) is 7.05 Å². The van der Waals surface area contributed by atoms with E-state index in [2.05, 4.69) is 51.0 Å². The summed E-state index contributed by atoms with van der Waals surface area (Å²) in [4.78, 5) is 9.17. The quantitative estimate of drug-likeness (QED) is 0.423. The van der Waals surface area contributed by atoms with Crippen molar-refractivity contribution in [2.24, 2.45) is 10.4 Å². The van der Waals surface area contributed by atoms with Crippen LogP contribution in [-0.2, 0) is 4.74 Å². The Balaban J connectivity index is 0.00000208. The van der Waals surface area contributed by atoms with E-state index in [4.69, 9.17) is 4.74 Å². The molecular formula is C17H29IN4OS. The molecule has 3 heterocycles. The van der Waals surface area contributed by atoms with Crippen molar-refractivity contribution in [3.63, 3.8) is 0 Å². The molecule has 2 atom stereocenters. The predicted molar refractivity (Wildman–Crippen MR) is 112 cm³/mol. The molecule has 136 valence electrons. The third kappa shape index (κ3) is 4.42. The van der Waals surface area contributed by atoms with Crippen LogP contribution in [0.15, 0.2) is 21.8 Å². The summed E-state index contributed by atoms with van der Waals surface area (Å²) >= 11 is 1.75. The van der Waals surface area contributed by atoms with E-state index in [9.17, 15) is 0 Å². The molecule has 2 saturated heterocycles. The SMILES string of the molecule is CN=C(NCC(c1ccsc1)N(C)C)N1CCC2(CCOC2)C1.I. The number of thiophene rings is 1. The molecule has 1 aromatic heterocycles. The standard InChI is InChI=1S/C17H28N4OS.HI/c1-18-16(21-7-5-17(12-21)6-8-22-13-17)19-10-15(20(2)3)14-4-9-23-11-14;/h4,9,11,15H,5-8,10,12-13H2,1-3H3,(H,18,19);1H. The van der Waals surface area contributed by atoms with Crippen molar-refractivity contribution in [2.75, 3.05) is 54.0 Å². The highest BCUT2D eigenvalue weighted by atomic mass is 127. The second-order valence-corrected chi connectivity index (χ2v) is 7.72. The van der Waals surface area contributed by atoms with Crippen LogP contribution in [0.2, 0.25) is 0 Å². The number of guanidine groups is 1. The van der Waals surface area contributed by atoms with Crippen LogP contribution in [0.1, 0.15) is 24.4 Å². The smallest absolute Gasteiger partial charge is 0.193 e. The van der Waals surface area contributed by atoms with E-state index in [1.54, 1.807) is 11.3 Å². The summed E-state index contributed by atoms with van der Waals surface area (Å²) in [5.41, 5.74) is 1.73. The first-order valence-electron chi connectivity index (χ1n) is 8.35. The average molecular weight is 464 g/mol. The first-order valence-corrected chi connectivity index (χ1v) is 9.30. The molecule has 0 amide bonds. The third-order valence-corrected chi connectivity index (χ3v) is 5.84.